The number of rotatable bonds is 4. The van der Waals surface area contributed by atoms with Crippen LogP contribution in [0.25, 0.3) is 0 Å². The first kappa shape index (κ1) is 11.9. The highest BCUT2D eigenvalue weighted by atomic mass is 16.1. The van der Waals surface area contributed by atoms with Gasteiger partial charge >= 0.3 is 0 Å². The molecule has 0 saturated heterocycles. The first-order chi connectivity index (χ1) is 7.58. The topological polar surface area (TPSA) is 96.1 Å². The molecule has 0 bridgehead atoms. The summed E-state index contributed by atoms with van der Waals surface area (Å²) in [5.74, 6) is -0.411. The second kappa shape index (κ2) is 5.03. The Morgan fingerprint density at radius 2 is 2.25 bits per heavy atom. The van der Waals surface area contributed by atoms with Crippen LogP contribution in [0.1, 0.15) is 12.5 Å². The molecule has 0 radical (unpaired) electrons. The van der Waals surface area contributed by atoms with Gasteiger partial charge in [0.1, 0.15) is 0 Å². The number of benzene rings is 1. The monoisotopic (exact) mass is 218 g/mol. The smallest absolute Gasteiger partial charge is 0.236 e. The molecule has 0 atom stereocenters. The summed E-state index contributed by atoms with van der Waals surface area (Å²) in [6.07, 6.45) is 0. The Balaban J connectivity index is 3.02. The number of hydrogen-bond acceptors (Lipinski definition) is 4. The predicted octanol–water partition coefficient (Wildman–Crippen LogP) is 0.452. The molecule has 0 heterocycles. The first-order valence-corrected chi connectivity index (χ1v) is 4.91. The van der Waals surface area contributed by atoms with E-state index in [9.17, 15) is 4.79 Å². The van der Waals surface area contributed by atoms with E-state index in [1.807, 2.05) is 13.0 Å². The zero-order valence-corrected chi connectivity index (χ0v) is 9.10. The third-order valence-electron chi connectivity index (χ3n) is 2.23. The molecule has 1 rings (SSSR count). The van der Waals surface area contributed by atoms with Gasteiger partial charge in [0.05, 0.1) is 29.6 Å². The Kier molecular flexibility index (Phi) is 3.72. The van der Waals surface area contributed by atoms with Gasteiger partial charge in [0, 0.05) is 6.54 Å². The number of nitriles is 1. The average molecular weight is 218 g/mol. The molecule has 4 N–H and O–H groups in total. The molecule has 5 nitrogen and oxygen atoms in total. The van der Waals surface area contributed by atoms with E-state index in [0.29, 0.717) is 17.8 Å². The lowest BCUT2D eigenvalue weighted by atomic mass is 10.1. The summed E-state index contributed by atoms with van der Waals surface area (Å²) in [6.45, 7) is 2.65. The molecule has 1 amide bonds. The van der Waals surface area contributed by atoms with Crippen LogP contribution in [-0.2, 0) is 4.79 Å². The van der Waals surface area contributed by atoms with Crippen LogP contribution in [-0.4, -0.2) is 19.0 Å². The molecule has 0 aliphatic heterocycles. The number of nitrogens with two attached hydrogens (primary N) is 2. The summed E-state index contributed by atoms with van der Waals surface area (Å²) in [7, 11) is 0. The Bertz CT molecular complexity index is 436. The number of nitrogen functional groups attached to an aromatic ring is 1. The standard InChI is InChI=1S/C11H14N4O/c1-2-15(7-11(14)16)10-4-3-8(6-12)5-9(10)13/h3-5H,2,7,13H2,1H3,(H2,14,16). The van der Waals surface area contributed by atoms with Gasteiger partial charge in [-0.1, -0.05) is 0 Å². The van der Waals surface area contributed by atoms with Crippen LogP contribution < -0.4 is 16.4 Å². The van der Waals surface area contributed by atoms with Crippen molar-refractivity contribution in [3.05, 3.63) is 23.8 Å². The molecule has 84 valence electrons. The van der Waals surface area contributed by atoms with Crippen molar-refractivity contribution in [2.75, 3.05) is 23.7 Å². The summed E-state index contributed by atoms with van der Waals surface area (Å²) in [6, 6.07) is 6.97. The average Bonchev–Trinajstić information content (AvgIpc) is 2.25. The molecule has 0 unspecified atom stereocenters. The SMILES string of the molecule is CCN(CC(N)=O)c1ccc(C#N)cc1N. The summed E-state index contributed by atoms with van der Waals surface area (Å²) in [5.41, 5.74) is 12.6. The molecule has 0 aliphatic rings. The number of carbonyl (C=O) groups excluding carboxylic acids is 1. The number of carbonyl (C=O) groups is 1. The molecule has 0 fully saturated rings. The molecule has 0 aliphatic carbocycles. The second-order valence-corrected chi connectivity index (χ2v) is 3.37. The van der Waals surface area contributed by atoms with Gasteiger partial charge in [0.25, 0.3) is 0 Å². The predicted molar refractivity (Wildman–Crippen MR) is 62.7 cm³/mol. The van der Waals surface area contributed by atoms with E-state index < -0.39 is 5.91 Å². The maximum absolute atomic E-state index is 10.9. The number of primary amides is 1. The lowest BCUT2D eigenvalue weighted by molar-refractivity contribution is -0.116. The van der Waals surface area contributed by atoms with Crippen molar-refractivity contribution in [3.63, 3.8) is 0 Å². The van der Waals surface area contributed by atoms with Gasteiger partial charge in [-0.15, -0.1) is 0 Å². The van der Waals surface area contributed by atoms with Crippen LogP contribution in [0.4, 0.5) is 11.4 Å². The fourth-order valence-corrected chi connectivity index (χ4v) is 1.47. The Morgan fingerprint density at radius 3 is 2.69 bits per heavy atom. The summed E-state index contributed by atoms with van der Waals surface area (Å²) in [5, 5.41) is 8.70. The molecule has 0 saturated carbocycles. The van der Waals surface area contributed by atoms with Crippen LogP contribution in [0.15, 0.2) is 18.2 Å². The maximum atomic E-state index is 10.9. The van der Waals surface area contributed by atoms with Crippen LogP contribution >= 0.6 is 0 Å². The first-order valence-electron chi connectivity index (χ1n) is 4.91. The van der Waals surface area contributed by atoms with E-state index in [0.717, 1.165) is 5.69 Å². The van der Waals surface area contributed by atoms with Crippen LogP contribution in [0.3, 0.4) is 0 Å². The van der Waals surface area contributed by atoms with Gasteiger partial charge in [0.2, 0.25) is 5.91 Å². The van der Waals surface area contributed by atoms with E-state index >= 15 is 0 Å². The van der Waals surface area contributed by atoms with Crippen LogP contribution in [0.2, 0.25) is 0 Å². The molecular weight excluding hydrogens is 204 g/mol. The minimum Gasteiger partial charge on any atom is -0.397 e. The molecule has 16 heavy (non-hydrogen) atoms. The summed E-state index contributed by atoms with van der Waals surface area (Å²) >= 11 is 0. The van der Waals surface area contributed by atoms with Crippen molar-refractivity contribution in [1.82, 2.24) is 0 Å². The molecule has 1 aromatic rings. The second-order valence-electron chi connectivity index (χ2n) is 3.37. The quantitative estimate of drug-likeness (QED) is 0.717. The summed E-state index contributed by atoms with van der Waals surface area (Å²) in [4.78, 5) is 12.6. The van der Waals surface area contributed by atoms with E-state index in [1.165, 1.54) is 0 Å². The van der Waals surface area contributed by atoms with Crippen LogP contribution in [0.5, 0.6) is 0 Å². The Labute approximate surface area is 94.2 Å². The van der Waals surface area contributed by atoms with Crippen molar-refractivity contribution in [2.24, 2.45) is 5.73 Å². The Morgan fingerprint density at radius 1 is 1.56 bits per heavy atom. The number of likely N-dealkylation sites (N-methyl/N-ethyl adjacent to an activating group) is 1. The zero-order valence-electron chi connectivity index (χ0n) is 9.10. The fourth-order valence-electron chi connectivity index (χ4n) is 1.47. The van der Waals surface area contributed by atoms with Crippen molar-refractivity contribution < 1.29 is 4.79 Å². The van der Waals surface area contributed by atoms with E-state index in [4.69, 9.17) is 16.7 Å². The largest absolute Gasteiger partial charge is 0.397 e. The van der Waals surface area contributed by atoms with Crippen molar-refractivity contribution >= 4 is 17.3 Å². The minimum absolute atomic E-state index is 0.118. The number of nitrogens with zero attached hydrogens (tertiary/aromatic N) is 2. The molecule has 5 heteroatoms. The number of amides is 1. The lowest BCUT2D eigenvalue weighted by Gasteiger charge is -2.22. The molecule has 0 spiro atoms. The van der Waals surface area contributed by atoms with Crippen LogP contribution in [0, 0.1) is 11.3 Å². The maximum Gasteiger partial charge on any atom is 0.236 e. The highest BCUT2D eigenvalue weighted by Crippen LogP contribution is 2.23. The van der Waals surface area contributed by atoms with E-state index in [1.54, 1.807) is 23.1 Å². The number of hydrogen-bond donors (Lipinski definition) is 2. The third kappa shape index (κ3) is 2.64. The fraction of sp³-hybridized carbons (Fsp3) is 0.273. The molecular formula is C11H14N4O. The Hall–Kier alpha value is -2.22. The van der Waals surface area contributed by atoms with Crippen molar-refractivity contribution in [2.45, 2.75) is 6.92 Å². The number of anilines is 2. The third-order valence-corrected chi connectivity index (χ3v) is 2.23. The van der Waals surface area contributed by atoms with Gasteiger partial charge in [0.15, 0.2) is 0 Å². The van der Waals surface area contributed by atoms with E-state index in [2.05, 4.69) is 0 Å². The zero-order chi connectivity index (χ0) is 12.1. The highest BCUT2D eigenvalue weighted by Gasteiger charge is 2.10. The molecule has 1 aromatic carbocycles. The van der Waals surface area contributed by atoms with Gasteiger partial charge in [-0.25, -0.2) is 0 Å². The summed E-state index contributed by atoms with van der Waals surface area (Å²) < 4.78 is 0. The molecule has 0 aromatic heterocycles. The normalized spacial score (nSPS) is 9.50. The van der Waals surface area contributed by atoms with Gasteiger partial charge in [-0.2, -0.15) is 5.26 Å². The van der Waals surface area contributed by atoms with Crippen molar-refractivity contribution in [3.8, 4) is 6.07 Å². The van der Waals surface area contributed by atoms with Gasteiger partial charge in [-0.3, -0.25) is 4.79 Å². The minimum atomic E-state index is -0.411. The highest BCUT2D eigenvalue weighted by molar-refractivity contribution is 5.81. The lowest BCUT2D eigenvalue weighted by Crippen LogP contribution is -2.34. The van der Waals surface area contributed by atoms with Crippen molar-refractivity contribution in [1.29, 1.82) is 5.26 Å². The van der Waals surface area contributed by atoms with Gasteiger partial charge in [-0.05, 0) is 25.1 Å². The van der Waals surface area contributed by atoms with Gasteiger partial charge < -0.3 is 16.4 Å². The van der Waals surface area contributed by atoms with E-state index in [-0.39, 0.29) is 6.54 Å².